The van der Waals surface area contributed by atoms with E-state index in [1.807, 2.05) is 54.6 Å². The highest BCUT2D eigenvalue weighted by Crippen LogP contribution is 2.30. The highest BCUT2D eigenvalue weighted by atomic mass is 127. The second kappa shape index (κ2) is 6.81. The summed E-state index contributed by atoms with van der Waals surface area (Å²) in [6.07, 6.45) is 0. The Labute approximate surface area is 128 Å². The summed E-state index contributed by atoms with van der Waals surface area (Å²) in [6.45, 7) is 0. The number of hydrogen-bond donors (Lipinski definition) is 0. The number of methoxy groups -OCH3 is 1. The topological polar surface area (TPSA) is 29.5 Å². The summed E-state index contributed by atoms with van der Waals surface area (Å²) in [7, 11) is 2.97. The van der Waals surface area contributed by atoms with Crippen molar-refractivity contribution in [2.75, 3.05) is 11.4 Å². The van der Waals surface area contributed by atoms with E-state index in [0.29, 0.717) is 5.56 Å². The number of rotatable bonds is 4. The Morgan fingerprint density at radius 1 is 1.11 bits per heavy atom. The SMILES string of the molecule is COc1ccc(N(SI)C(=O)c2ccccc2)cc1. The van der Waals surface area contributed by atoms with Crippen LogP contribution in [-0.2, 0) is 0 Å². The van der Waals surface area contributed by atoms with Crippen molar-refractivity contribution in [2.45, 2.75) is 0 Å². The Bertz CT molecular complexity index is 545. The smallest absolute Gasteiger partial charge is 0.268 e. The Morgan fingerprint density at radius 2 is 1.74 bits per heavy atom. The fourth-order valence-corrected chi connectivity index (χ4v) is 3.19. The van der Waals surface area contributed by atoms with Gasteiger partial charge in [0.25, 0.3) is 5.91 Å². The maximum Gasteiger partial charge on any atom is 0.268 e. The van der Waals surface area contributed by atoms with E-state index in [4.69, 9.17) is 4.74 Å². The molecule has 98 valence electrons. The van der Waals surface area contributed by atoms with Crippen LogP contribution in [0.1, 0.15) is 10.4 Å². The van der Waals surface area contributed by atoms with Gasteiger partial charge in [-0.25, -0.2) is 4.31 Å². The second-order valence-corrected chi connectivity index (χ2v) is 5.42. The minimum absolute atomic E-state index is 0.0369. The molecule has 0 N–H and O–H groups in total. The molecule has 5 heteroatoms. The van der Waals surface area contributed by atoms with Crippen LogP contribution >= 0.6 is 30.3 Å². The van der Waals surface area contributed by atoms with Crippen molar-refractivity contribution >= 4 is 41.9 Å². The number of carbonyl (C=O) groups is 1. The number of carbonyl (C=O) groups excluding carboxylic acids is 1. The minimum atomic E-state index is -0.0369. The monoisotopic (exact) mass is 385 g/mol. The lowest BCUT2D eigenvalue weighted by atomic mass is 10.2. The van der Waals surface area contributed by atoms with Gasteiger partial charge in [0.1, 0.15) is 5.75 Å². The maximum absolute atomic E-state index is 12.4. The largest absolute Gasteiger partial charge is 0.497 e. The van der Waals surface area contributed by atoms with Gasteiger partial charge < -0.3 is 4.74 Å². The van der Waals surface area contributed by atoms with Crippen LogP contribution in [0.5, 0.6) is 5.75 Å². The van der Waals surface area contributed by atoms with Crippen LogP contribution in [0.3, 0.4) is 0 Å². The molecule has 0 aliphatic heterocycles. The van der Waals surface area contributed by atoms with Crippen LogP contribution in [0, 0.1) is 0 Å². The summed E-state index contributed by atoms with van der Waals surface area (Å²) in [6, 6.07) is 16.6. The molecule has 0 bridgehead atoms. The van der Waals surface area contributed by atoms with E-state index < -0.39 is 0 Å². The third-order valence-corrected chi connectivity index (χ3v) is 4.28. The first-order valence-electron chi connectivity index (χ1n) is 5.58. The number of hydrogen-bond acceptors (Lipinski definition) is 3. The van der Waals surface area contributed by atoms with Crippen LogP contribution in [0.2, 0.25) is 0 Å². The zero-order valence-corrected chi connectivity index (χ0v) is 13.2. The number of nitrogens with zero attached hydrogens (tertiary/aromatic N) is 1. The molecule has 19 heavy (non-hydrogen) atoms. The molecule has 0 unspecified atom stereocenters. The number of halogens is 1. The molecule has 2 aromatic carbocycles. The van der Waals surface area contributed by atoms with Crippen molar-refractivity contribution in [2.24, 2.45) is 0 Å². The van der Waals surface area contributed by atoms with E-state index >= 15 is 0 Å². The van der Waals surface area contributed by atoms with Gasteiger partial charge in [0, 0.05) is 35.9 Å². The van der Waals surface area contributed by atoms with Gasteiger partial charge in [0.2, 0.25) is 0 Å². The average Bonchev–Trinajstić information content (AvgIpc) is 2.49. The molecule has 0 atom stereocenters. The first-order valence-corrected chi connectivity index (χ1v) is 8.90. The molecular weight excluding hydrogens is 373 g/mol. The van der Waals surface area contributed by atoms with E-state index in [1.165, 1.54) is 9.12 Å². The van der Waals surface area contributed by atoms with E-state index in [1.54, 1.807) is 11.4 Å². The predicted molar refractivity (Wildman–Crippen MR) is 87.9 cm³/mol. The molecule has 0 aromatic heterocycles. The normalized spacial score (nSPS) is 10.0. The Hall–Kier alpha value is -1.21. The van der Waals surface area contributed by atoms with Crippen LogP contribution in [-0.4, -0.2) is 13.0 Å². The van der Waals surface area contributed by atoms with Crippen molar-refractivity contribution < 1.29 is 9.53 Å². The Morgan fingerprint density at radius 3 is 2.26 bits per heavy atom. The zero-order valence-electron chi connectivity index (χ0n) is 10.2. The number of anilines is 1. The molecule has 0 aliphatic carbocycles. The Balaban J connectivity index is 2.26. The van der Waals surface area contributed by atoms with Crippen molar-refractivity contribution in [3.63, 3.8) is 0 Å². The van der Waals surface area contributed by atoms with Crippen molar-refractivity contribution in [1.82, 2.24) is 0 Å². The van der Waals surface area contributed by atoms with E-state index in [0.717, 1.165) is 11.4 Å². The molecule has 0 saturated heterocycles. The molecule has 0 fully saturated rings. The van der Waals surface area contributed by atoms with E-state index in [9.17, 15) is 4.79 Å². The molecule has 0 radical (unpaired) electrons. The van der Waals surface area contributed by atoms with Gasteiger partial charge in [-0.05, 0) is 36.4 Å². The van der Waals surface area contributed by atoms with Gasteiger partial charge >= 0.3 is 0 Å². The van der Waals surface area contributed by atoms with Crippen molar-refractivity contribution in [1.29, 1.82) is 0 Å². The molecule has 1 amide bonds. The first-order chi connectivity index (χ1) is 9.26. The van der Waals surface area contributed by atoms with Gasteiger partial charge in [0.15, 0.2) is 0 Å². The predicted octanol–water partition coefficient (Wildman–Crippen LogP) is 4.34. The maximum atomic E-state index is 12.4. The number of amides is 1. The minimum Gasteiger partial charge on any atom is -0.497 e. The van der Waals surface area contributed by atoms with Gasteiger partial charge in [-0.2, -0.15) is 0 Å². The van der Waals surface area contributed by atoms with Crippen LogP contribution < -0.4 is 9.04 Å². The lowest BCUT2D eigenvalue weighted by Gasteiger charge is -2.18. The molecule has 2 aromatic rings. The summed E-state index contributed by atoms with van der Waals surface area (Å²) in [5.74, 6) is 0.736. The molecule has 0 spiro atoms. The average molecular weight is 385 g/mol. The fraction of sp³-hybridized carbons (Fsp3) is 0.0714. The highest BCUT2D eigenvalue weighted by molar-refractivity contribution is 14.2. The first kappa shape index (κ1) is 14.2. The fourth-order valence-electron chi connectivity index (χ4n) is 1.60. The quantitative estimate of drug-likeness (QED) is 0.579. The molecule has 0 saturated carbocycles. The molecule has 2 rings (SSSR count). The molecule has 0 heterocycles. The zero-order chi connectivity index (χ0) is 13.7. The van der Waals surface area contributed by atoms with Gasteiger partial charge in [-0.1, -0.05) is 18.2 Å². The number of benzene rings is 2. The second-order valence-electron chi connectivity index (χ2n) is 3.73. The summed E-state index contributed by atoms with van der Waals surface area (Å²) in [4.78, 5) is 12.4. The summed E-state index contributed by atoms with van der Waals surface area (Å²) in [5, 5.41) is 0. The van der Waals surface area contributed by atoms with Crippen molar-refractivity contribution in [3.05, 3.63) is 60.2 Å². The summed E-state index contributed by atoms with van der Waals surface area (Å²) >= 11 is 2.10. The number of ether oxygens (including phenoxy) is 1. The van der Waals surface area contributed by atoms with Gasteiger partial charge in [-0.3, -0.25) is 4.79 Å². The third-order valence-electron chi connectivity index (χ3n) is 2.58. The highest BCUT2D eigenvalue weighted by Gasteiger charge is 2.17. The van der Waals surface area contributed by atoms with E-state index in [2.05, 4.69) is 21.2 Å². The van der Waals surface area contributed by atoms with Crippen molar-refractivity contribution in [3.8, 4) is 5.75 Å². The molecule has 3 nitrogen and oxygen atoms in total. The third kappa shape index (κ3) is 3.42. The summed E-state index contributed by atoms with van der Waals surface area (Å²) in [5.41, 5.74) is 1.50. The van der Waals surface area contributed by atoms with Gasteiger partial charge in [-0.15, -0.1) is 0 Å². The van der Waals surface area contributed by atoms with E-state index in [-0.39, 0.29) is 5.91 Å². The standard InChI is InChI=1S/C14H12INO2S/c1-18-13-9-7-12(8-10-13)16(19-15)14(17)11-5-3-2-4-6-11/h2-10H,1H3. The molecule has 0 aliphatic rings. The molecular formula is C14H12INO2S. The lowest BCUT2D eigenvalue weighted by molar-refractivity contribution is 0.101. The summed E-state index contributed by atoms with van der Waals surface area (Å²) < 4.78 is 6.76. The Kier molecular flexibility index (Phi) is 5.09. The van der Waals surface area contributed by atoms with Gasteiger partial charge in [0.05, 0.1) is 12.8 Å². The van der Waals surface area contributed by atoms with Crippen LogP contribution in [0.4, 0.5) is 5.69 Å². The van der Waals surface area contributed by atoms with Crippen LogP contribution in [0.15, 0.2) is 54.6 Å². The van der Waals surface area contributed by atoms with Crippen LogP contribution in [0.25, 0.3) is 0 Å². The lowest BCUT2D eigenvalue weighted by Crippen LogP contribution is -2.22.